The van der Waals surface area contributed by atoms with Crippen molar-refractivity contribution in [3.63, 3.8) is 0 Å². The van der Waals surface area contributed by atoms with E-state index in [4.69, 9.17) is 14.6 Å². The molecule has 0 amide bonds. The predicted octanol–water partition coefficient (Wildman–Crippen LogP) is 0.681. The minimum atomic E-state index is -0.546. The first-order valence-corrected chi connectivity index (χ1v) is 6.83. The Hall–Kier alpha value is -0.980. The molecule has 2 atom stereocenters. The van der Waals surface area contributed by atoms with Crippen molar-refractivity contribution in [2.45, 2.75) is 32.3 Å². The van der Waals surface area contributed by atoms with E-state index in [0.717, 1.165) is 11.1 Å². The highest BCUT2D eigenvalue weighted by atomic mass is 16.5. The molecular formula is C15H25NO4. The fourth-order valence-corrected chi connectivity index (χ4v) is 1.84. The molecule has 1 aromatic carbocycles. The molecule has 1 aromatic rings. The van der Waals surface area contributed by atoms with Crippen LogP contribution in [0.5, 0.6) is 0 Å². The molecule has 0 fully saturated rings. The van der Waals surface area contributed by atoms with Gasteiger partial charge in [0.15, 0.2) is 0 Å². The Morgan fingerprint density at radius 1 is 1.25 bits per heavy atom. The van der Waals surface area contributed by atoms with E-state index in [-0.39, 0.29) is 19.3 Å². The van der Waals surface area contributed by atoms with Crippen molar-refractivity contribution in [2.75, 3.05) is 26.9 Å². The SMILES string of the molecule is COCC(C)OCC(O)CNCc1cccc(CO)c1. The summed E-state index contributed by atoms with van der Waals surface area (Å²) < 4.78 is 10.4. The summed E-state index contributed by atoms with van der Waals surface area (Å²) in [6, 6.07) is 7.71. The van der Waals surface area contributed by atoms with E-state index in [2.05, 4.69) is 5.32 Å². The molecule has 20 heavy (non-hydrogen) atoms. The largest absolute Gasteiger partial charge is 0.392 e. The van der Waals surface area contributed by atoms with Gasteiger partial charge in [-0.1, -0.05) is 24.3 Å². The van der Waals surface area contributed by atoms with Crippen LogP contribution in [0.4, 0.5) is 0 Å². The Morgan fingerprint density at radius 3 is 2.70 bits per heavy atom. The molecular weight excluding hydrogens is 258 g/mol. The molecule has 0 aliphatic heterocycles. The molecule has 0 spiro atoms. The molecule has 5 nitrogen and oxygen atoms in total. The zero-order valence-electron chi connectivity index (χ0n) is 12.2. The highest BCUT2D eigenvalue weighted by Gasteiger charge is 2.07. The van der Waals surface area contributed by atoms with Gasteiger partial charge < -0.3 is 25.0 Å². The van der Waals surface area contributed by atoms with Gasteiger partial charge in [0.2, 0.25) is 0 Å². The van der Waals surface area contributed by atoms with E-state index >= 15 is 0 Å². The summed E-state index contributed by atoms with van der Waals surface area (Å²) in [6.45, 7) is 3.87. The van der Waals surface area contributed by atoms with Gasteiger partial charge in [0.05, 0.1) is 32.0 Å². The maximum absolute atomic E-state index is 9.78. The van der Waals surface area contributed by atoms with Crippen LogP contribution < -0.4 is 5.32 Å². The van der Waals surface area contributed by atoms with Crippen LogP contribution in [0.1, 0.15) is 18.1 Å². The summed E-state index contributed by atoms with van der Waals surface area (Å²) in [5, 5.41) is 22.0. The second-order valence-electron chi connectivity index (χ2n) is 4.86. The number of nitrogens with one attached hydrogen (secondary N) is 1. The summed E-state index contributed by atoms with van der Waals surface area (Å²) in [7, 11) is 1.62. The van der Waals surface area contributed by atoms with Crippen molar-refractivity contribution < 1.29 is 19.7 Å². The van der Waals surface area contributed by atoms with Crippen LogP contribution in [-0.2, 0) is 22.6 Å². The van der Waals surface area contributed by atoms with Crippen LogP contribution in [0.15, 0.2) is 24.3 Å². The van der Waals surface area contributed by atoms with E-state index in [0.29, 0.717) is 19.7 Å². The third-order valence-corrected chi connectivity index (χ3v) is 2.86. The lowest BCUT2D eigenvalue weighted by Crippen LogP contribution is -2.32. The van der Waals surface area contributed by atoms with Gasteiger partial charge in [-0.2, -0.15) is 0 Å². The van der Waals surface area contributed by atoms with Crippen LogP contribution >= 0.6 is 0 Å². The first-order chi connectivity index (χ1) is 9.65. The Balaban J connectivity index is 2.19. The van der Waals surface area contributed by atoms with E-state index in [1.165, 1.54) is 0 Å². The number of ether oxygens (including phenoxy) is 2. The second-order valence-corrected chi connectivity index (χ2v) is 4.86. The topological polar surface area (TPSA) is 71.0 Å². The molecule has 1 rings (SSSR count). The standard InChI is InChI=1S/C15H25NO4/c1-12(10-19-2)20-11-15(18)8-16-7-13-4-3-5-14(6-13)9-17/h3-6,12,15-18H,7-11H2,1-2H3. The summed E-state index contributed by atoms with van der Waals surface area (Å²) >= 11 is 0. The fraction of sp³-hybridized carbons (Fsp3) is 0.600. The average Bonchev–Trinajstić information content (AvgIpc) is 2.46. The first kappa shape index (κ1) is 17.1. The van der Waals surface area contributed by atoms with E-state index in [1.807, 2.05) is 31.2 Å². The minimum Gasteiger partial charge on any atom is -0.392 e. The van der Waals surface area contributed by atoms with Gasteiger partial charge in [-0.05, 0) is 18.1 Å². The fourth-order valence-electron chi connectivity index (χ4n) is 1.84. The lowest BCUT2D eigenvalue weighted by molar-refractivity contribution is -0.0311. The monoisotopic (exact) mass is 283 g/mol. The second kappa shape index (κ2) is 9.85. The molecule has 0 saturated carbocycles. The van der Waals surface area contributed by atoms with E-state index < -0.39 is 6.10 Å². The van der Waals surface area contributed by atoms with Gasteiger partial charge in [0, 0.05) is 20.2 Å². The molecule has 0 aliphatic carbocycles. The van der Waals surface area contributed by atoms with Crippen molar-refractivity contribution in [2.24, 2.45) is 0 Å². The van der Waals surface area contributed by atoms with Crippen molar-refractivity contribution in [3.05, 3.63) is 35.4 Å². The lowest BCUT2D eigenvalue weighted by Gasteiger charge is -2.16. The number of rotatable bonds is 10. The molecule has 5 heteroatoms. The number of hydrogen-bond acceptors (Lipinski definition) is 5. The van der Waals surface area contributed by atoms with Gasteiger partial charge in [0.1, 0.15) is 0 Å². The Bertz CT molecular complexity index is 373. The molecule has 2 unspecified atom stereocenters. The number of aliphatic hydroxyl groups excluding tert-OH is 2. The van der Waals surface area contributed by atoms with Crippen molar-refractivity contribution in [1.82, 2.24) is 5.32 Å². The number of hydrogen-bond donors (Lipinski definition) is 3. The summed E-state index contributed by atoms with van der Waals surface area (Å²) in [6.07, 6.45) is -0.564. The molecule has 0 radical (unpaired) electrons. The Kier molecular flexibility index (Phi) is 8.41. The molecule has 0 heterocycles. The van der Waals surface area contributed by atoms with E-state index in [1.54, 1.807) is 7.11 Å². The highest BCUT2D eigenvalue weighted by Crippen LogP contribution is 2.04. The minimum absolute atomic E-state index is 0.0177. The van der Waals surface area contributed by atoms with Gasteiger partial charge >= 0.3 is 0 Å². The van der Waals surface area contributed by atoms with Crippen molar-refractivity contribution >= 4 is 0 Å². The summed E-state index contributed by atoms with van der Waals surface area (Å²) in [4.78, 5) is 0. The van der Waals surface area contributed by atoms with Crippen LogP contribution in [-0.4, -0.2) is 49.3 Å². The van der Waals surface area contributed by atoms with Gasteiger partial charge in [-0.3, -0.25) is 0 Å². The van der Waals surface area contributed by atoms with Gasteiger partial charge in [0.25, 0.3) is 0 Å². The van der Waals surface area contributed by atoms with Gasteiger partial charge in [-0.25, -0.2) is 0 Å². The molecule has 0 bridgehead atoms. The third kappa shape index (κ3) is 6.98. The molecule has 0 aliphatic rings. The summed E-state index contributed by atoms with van der Waals surface area (Å²) in [5.74, 6) is 0. The normalized spacial score (nSPS) is 14.2. The third-order valence-electron chi connectivity index (χ3n) is 2.86. The van der Waals surface area contributed by atoms with Gasteiger partial charge in [-0.15, -0.1) is 0 Å². The first-order valence-electron chi connectivity index (χ1n) is 6.83. The zero-order chi connectivity index (χ0) is 14.8. The summed E-state index contributed by atoms with van der Waals surface area (Å²) in [5.41, 5.74) is 1.97. The number of aliphatic hydroxyl groups is 2. The van der Waals surface area contributed by atoms with Crippen molar-refractivity contribution in [1.29, 1.82) is 0 Å². The average molecular weight is 283 g/mol. The Morgan fingerprint density at radius 2 is 2.00 bits per heavy atom. The van der Waals surface area contributed by atoms with Crippen LogP contribution in [0.25, 0.3) is 0 Å². The van der Waals surface area contributed by atoms with Crippen LogP contribution in [0, 0.1) is 0 Å². The quantitative estimate of drug-likeness (QED) is 0.589. The number of benzene rings is 1. The molecule has 3 N–H and O–H groups in total. The van der Waals surface area contributed by atoms with Crippen LogP contribution in [0.3, 0.4) is 0 Å². The zero-order valence-corrected chi connectivity index (χ0v) is 12.2. The smallest absolute Gasteiger partial charge is 0.0897 e. The molecule has 0 aromatic heterocycles. The molecule has 0 saturated heterocycles. The Labute approximate surface area is 120 Å². The maximum atomic E-state index is 9.78. The molecule has 114 valence electrons. The highest BCUT2D eigenvalue weighted by molar-refractivity contribution is 5.22. The maximum Gasteiger partial charge on any atom is 0.0897 e. The van der Waals surface area contributed by atoms with Crippen molar-refractivity contribution in [3.8, 4) is 0 Å². The lowest BCUT2D eigenvalue weighted by atomic mass is 10.1. The number of methoxy groups -OCH3 is 1. The van der Waals surface area contributed by atoms with E-state index in [9.17, 15) is 5.11 Å². The van der Waals surface area contributed by atoms with Crippen LogP contribution in [0.2, 0.25) is 0 Å². The predicted molar refractivity (Wildman–Crippen MR) is 77.4 cm³/mol.